The lowest BCUT2D eigenvalue weighted by molar-refractivity contribution is -0.212. The Balaban J connectivity index is 1.24. The first-order chi connectivity index (χ1) is 29.7. The van der Waals surface area contributed by atoms with Gasteiger partial charge in [-0.25, -0.2) is 9.18 Å². The SMILES string of the molecule is CC[C@H]1OC(=O)[C@H](C)[C@@H](O)[C@H](C)[C@@H](O)[C@](C)(O)C[C@@H](C)CN(CCCNCCC(=O)O[C@]2(C(=O)OC)CCC3C4C[C@H](F)C5=CC(=O)C=C[C@]5(C)C4C(O)C[C@@]32C)[C@H](C)[C@@H](O)[C@]1(C)O. The number of ether oxygens (including phenoxy) is 3. The number of nitrogens with zero attached hydrogens (tertiary/aromatic N) is 1. The standard InChI is InChI=1S/C48H77FN2O13/c1-11-36-47(9,61)41(57)29(5)51(25-26(2)23-46(8,60)40(56)27(3)39(55)28(4)42(58)63-36)20-12-18-50-19-15-37(54)64-48(43(59)62-10)17-14-32-31-22-34(49)33-21-30(52)13-16-44(33,6)38(31)35(53)24-45(32,48)7/h13,16,21,26-29,31-32,34-36,38-41,50,53,55-57,60-61H,11-12,14-15,17-20,22-25H2,1-10H3/t26-,27+,28-,29-,31?,32?,34+,35?,36-,38?,39+,40-,41-,44+,45+,46-,47-,48+/m1/s1. The van der Waals surface area contributed by atoms with Crippen molar-refractivity contribution in [3.8, 4) is 0 Å². The Kier molecular flexibility index (Phi) is 16.1. The van der Waals surface area contributed by atoms with E-state index in [1.54, 1.807) is 26.8 Å². The molecule has 5 aliphatic rings. The number of carbonyl (C=O) groups excluding carboxylic acids is 4. The maximum atomic E-state index is 15.9. The van der Waals surface area contributed by atoms with Crippen LogP contribution in [0.1, 0.15) is 114 Å². The molecule has 3 saturated carbocycles. The Hall–Kier alpha value is -2.83. The fourth-order valence-electron chi connectivity index (χ4n) is 12.8. The minimum atomic E-state index is -1.89. The van der Waals surface area contributed by atoms with Gasteiger partial charge in [-0.3, -0.25) is 19.3 Å². The van der Waals surface area contributed by atoms with Gasteiger partial charge in [0.05, 0.1) is 43.4 Å². The van der Waals surface area contributed by atoms with Crippen molar-refractivity contribution in [2.75, 3.05) is 33.3 Å². The van der Waals surface area contributed by atoms with Crippen molar-refractivity contribution in [1.82, 2.24) is 10.2 Å². The second kappa shape index (κ2) is 19.8. The van der Waals surface area contributed by atoms with Gasteiger partial charge in [0, 0.05) is 41.8 Å². The number of alkyl halides is 1. The van der Waals surface area contributed by atoms with Crippen molar-refractivity contribution in [3.63, 3.8) is 0 Å². The highest BCUT2D eigenvalue weighted by molar-refractivity contribution is 6.01. The molecule has 64 heavy (non-hydrogen) atoms. The molecule has 1 aliphatic heterocycles. The summed E-state index contributed by atoms with van der Waals surface area (Å²) in [6, 6.07) is -0.670. The molecule has 0 radical (unpaired) electrons. The normalized spacial score (nSPS) is 45.8. The molecule has 5 rings (SSSR count). The monoisotopic (exact) mass is 909 g/mol. The quantitative estimate of drug-likeness (QED) is 0.0950. The Morgan fingerprint density at radius 3 is 2.31 bits per heavy atom. The lowest BCUT2D eigenvalue weighted by Gasteiger charge is -2.60. The number of ketones is 1. The van der Waals surface area contributed by atoms with Crippen LogP contribution in [-0.4, -0.2) is 152 Å². The second-order valence-electron chi connectivity index (χ2n) is 21.0. The summed E-state index contributed by atoms with van der Waals surface area (Å²) in [7, 11) is 1.23. The lowest BCUT2D eigenvalue weighted by Crippen LogP contribution is -2.63. The number of fused-ring (bicyclic) bond motifs is 5. The van der Waals surface area contributed by atoms with Gasteiger partial charge in [0.1, 0.15) is 24.0 Å². The highest BCUT2D eigenvalue weighted by Gasteiger charge is 2.72. The highest BCUT2D eigenvalue weighted by atomic mass is 19.1. The number of allylic oxidation sites excluding steroid dienone is 4. The molecule has 7 N–H and O–H groups in total. The maximum Gasteiger partial charge on any atom is 0.350 e. The van der Waals surface area contributed by atoms with Gasteiger partial charge in [0.2, 0.25) is 5.60 Å². The van der Waals surface area contributed by atoms with E-state index in [4.69, 9.17) is 14.2 Å². The smallest absolute Gasteiger partial charge is 0.350 e. The Morgan fingerprint density at radius 1 is 1.00 bits per heavy atom. The molecule has 4 aliphatic carbocycles. The fourth-order valence-corrected chi connectivity index (χ4v) is 12.8. The van der Waals surface area contributed by atoms with Gasteiger partial charge in [-0.1, -0.05) is 40.7 Å². The van der Waals surface area contributed by atoms with Crippen molar-refractivity contribution in [1.29, 1.82) is 0 Å². The van der Waals surface area contributed by atoms with E-state index in [1.165, 1.54) is 40.0 Å². The predicted molar refractivity (Wildman–Crippen MR) is 234 cm³/mol. The number of aliphatic hydroxyl groups excluding tert-OH is 4. The number of carbonyl (C=O) groups is 4. The molecule has 0 aromatic heterocycles. The van der Waals surface area contributed by atoms with Crippen LogP contribution in [0.25, 0.3) is 0 Å². The average molecular weight is 909 g/mol. The molecule has 15 nitrogen and oxygen atoms in total. The van der Waals surface area contributed by atoms with Crippen LogP contribution in [0.5, 0.6) is 0 Å². The van der Waals surface area contributed by atoms with Crippen LogP contribution < -0.4 is 5.32 Å². The third kappa shape index (κ3) is 9.63. The minimum Gasteiger partial charge on any atom is -0.466 e. The zero-order valence-corrected chi connectivity index (χ0v) is 39.6. The molecule has 0 aromatic carbocycles. The summed E-state index contributed by atoms with van der Waals surface area (Å²) in [4.78, 5) is 54.8. The minimum absolute atomic E-state index is 0.0787. The van der Waals surface area contributed by atoms with E-state index in [1.807, 2.05) is 25.7 Å². The van der Waals surface area contributed by atoms with Crippen molar-refractivity contribution in [3.05, 3.63) is 23.8 Å². The van der Waals surface area contributed by atoms with Gasteiger partial charge in [0.15, 0.2) is 5.78 Å². The molecule has 18 atom stereocenters. The van der Waals surface area contributed by atoms with Gasteiger partial charge in [0.25, 0.3) is 0 Å². The van der Waals surface area contributed by atoms with Gasteiger partial charge >= 0.3 is 17.9 Å². The molecule has 1 heterocycles. The fraction of sp³-hybridized carbons (Fsp3) is 0.833. The van der Waals surface area contributed by atoms with Crippen LogP contribution >= 0.6 is 0 Å². The van der Waals surface area contributed by atoms with Crippen LogP contribution in [0.3, 0.4) is 0 Å². The Morgan fingerprint density at radius 2 is 1.67 bits per heavy atom. The van der Waals surface area contributed by atoms with Crippen LogP contribution in [0.2, 0.25) is 0 Å². The second-order valence-corrected chi connectivity index (χ2v) is 21.0. The number of hydrogen-bond donors (Lipinski definition) is 7. The number of nitrogens with one attached hydrogen (secondary N) is 1. The van der Waals surface area contributed by atoms with Crippen LogP contribution in [0.4, 0.5) is 4.39 Å². The summed E-state index contributed by atoms with van der Waals surface area (Å²) in [5.41, 5.74) is -6.79. The first-order valence-corrected chi connectivity index (χ1v) is 23.5. The third-order valence-electron chi connectivity index (χ3n) is 16.5. The number of esters is 3. The Labute approximate surface area is 378 Å². The summed E-state index contributed by atoms with van der Waals surface area (Å²) in [5.74, 6) is -5.70. The number of cyclic esters (lactones) is 1. The molecule has 364 valence electrons. The molecule has 4 unspecified atom stereocenters. The zero-order valence-electron chi connectivity index (χ0n) is 39.6. The van der Waals surface area contributed by atoms with Crippen molar-refractivity contribution >= 4 is 23.7 Å². The van der Waals surface area contributed by atoms with Crippen LogP contribution in [-0.2, 0) is 33.4 Å². The van der Waals surface area contributed by atoms with Crippen molar-refractivity contribution in [2.45, 2.75) is 173 Å². The molecule has 1 saturated heterocycles. The van der Waals surface area contributed by atoms with E-state index in [2.05, 4.69) is 5.32 Å². The summed E-state index contributed by atoms with van der Waals surface area (Å²) >= 11 is 0. The molecular weight excluding hydrogens is 832 g/mol. The Bertz CT molecular complexity index is 1770. The predicted octanol–water partition coefficient (Wildman–Crippen LogP) is 2.95. The summed E-state index contributed by atoms with van der Waals surface area (Å²) in [6.45, 7) is 16.3. The molecule has 0 spiro atoms. The number of halogens is 1. The third-order valence-corrected chi connectivity index (χ3v) is 16.5. The van der Waals surface area contributed by atoms with Crippen LogP contribution in [0.15, 0.2) is 23.8 Å². The van der Waals surface area contributed by atoms with Gasteiger partial charge in [-0.15, -0.1) is 0 Å². The van der Waals surface area contributed by atoms with Crippen molar-refractivity contribution < 1.29 is 68.4 Å². The summed E-state index contributed by atoms with van der Waals surface area (Å²) in [6.07, 6.45) is -1.64. The maximum absolute atomic E-state index is 15.9. The van der Waals surface area contributed by atoms with E-state index < -0.39 is 106 Å². The number of rotatable bonds is 10. The largest absolute Gasteiger partial charge is 0.466 e. The number of hydrogen-bond acceptors (Lipinski definition) is 15. The van der Waals surface area contributed by atoms with Crippen molar-refractivity contribution in [2.24, 2.45) is 46.3 Å². The first kappa shape index (κ1) is 52.1. The summed E-state index contributed by atoms with van der Waals surface area (Å²) in [5, 5.41) is 72.2. The zero-order chi connectivity index (χ0) is 47.9. The topological polar surface area (TPSA) is 233 Å². The van der Waals surface area contributed by atoms with Crippen LogP contribution in [0, 0.1) is 46.3 Å². The number of aliphatic hydroxyl groups is 6. The first-order valence-electron chi connectivity index (χ1n) is 23.5. The van der Waals surface area contributed by atoms with E-state index >= 15 is 4.39 Å². The molecule has 0 aromatic rings. The lowest BCUT2D eigenvalue weighted by atomic mass is 9.46. The molecule has 16 heteroatoms. The van der Waals surface area contributed by atoms with E-state index in [-0.39, 0.29) is 68.6 Å². The van der Waals surface area contributed by atoms with Gasteiger partial charge in [-0.05, 0) is 121 Å². The summed E-state index contributed by atoms with van der Waals surface area (Å²) < 4.78 is 33.1. The van der Waals surface area contributed by atoms with Gasteiger partial charge < -0.3 is 50.2 Å². The molecule has 0 bridgehead atoms. The van der Waals surface area contributed by atoms with E-state index in [9.17, 15) is 49.8 Å². The van der Waals surface area contributed by atoms with Gasteiger partial charge in [-0.2, -0.15) is 0 Å². The van der Waals surface area contributed by atoms with E-state index in [0.29, 0.717) is 38.0 Å². The molecule has 0 amide bonds. The molecule has 4 fully saturated rings. The number of methoxy groups -OCH3 is 1. The molecular formula is C48H77FN2O13. The average Bonchev–Trinajstić information content (AvgIpc) is 3.52. The van der Waals surface area contributed by atoms with E-state index in [0.717, 1.165) is 0 Å². The highest BCUT2D eigenvalue weighted by Crippen LogP contribution is 2.68.